The number of pyridine rings is 1. The van der Waals surface area contributed by atoms with Gasteiger partial charge in [0.15, 0.2) is 0 Å². The van der Waals surface area contributed by atoms with Crippen molar-refractivity contribution in [3.05, 3.63) is 65.6 Å². The Morgan fingerprint density at radius 3 is 2.86 bits per heavy atom. The molecule has 4 nitrogen and oxygen atoms in total. The first-order valence-electron chi connectivity index (χ1n) is 7.50. The van der Waals surface area contributed by atoms with Crippen LogP contribution in [0.4, 0.5) is 0 Å². The van der Waals surface area contributed by atoms with Crippen molar-refractivity contribution < 1.29 is 4.79 Å². The van der Waals surface area contributed by atoms with Crippen LogP contribution in [0.15, 0.2) is 48.8 Å². The van der Waals surface area contributed by atoms with Gasteiger partial charge in [-0.3, -0.25) is 9.78 Å². The minimum absolute atomic E-state index is 0.0593. The molecule has 3 aromatic rings. The van der Waals surface area contributed by atoms with Gasteiger partial charge >= 0.3 is 0 Å². The highest BCUT2D eigenvalue weighted by atomic mass is 16.2. The second-order valence-corrected chi connectivity index (χ2v) is 5.72. The summed E-state index contributed by atoms with van der Waals surface area (Å²) in [7, 11) is 2.08. The number of hydrogen-bond donors (Lipinski definition) is 0. The highest BCUT2D eigenvalue weighted by Crippen LogP contribution is 2.30. The molecule has 0 saturated heterocycles. The molecule has 0 radical (unpaired) electrons. The maximum Gasteiger partial charge on any atom is 0.255 e. The summed E-state index contributed by atoms with van der Waals surface area (Å²) in [5, 5.41) is 1.31. The van der Waals surface area contributed by atoms with Crippen LogP contribution < -0.4 is 0 Å². The Kier molecular flexibility index (Phi) is 2.96. The van der Waals surface area contributed by atoms with E-state index in [4.69, 9.17) is 0 Å². The van der Waals surface area contributed by atoms with E-state index in [0.717, 1.165) is 13.0 Å². The van der Waals surface area contributed by atoms with E-state index in [9.17, 15) is 4.79 Å². The second-order valence-electron chi connectivity index (χ2n) is 5.72. The molecule has 110 valence electrons. The maximum atomic E-state index is 12.6. The predicted octanol–water partition coefficient (Wildman–Crippen LogP) is 2.77. The minimum Gasteiger partial charge on any atom is -0.346 e. The fraction of sp³-hybridized carbons (Fsp3) is 0.222. The molecule has 0 bridgehead atoms. The molecule has 0 saturated carbocycles. The van der Waals surface area contributed by atoms with E-state index in [1.54, 1.807) is 18.5 Å². The van der Waals surface area contributed by atoms with Gasteiger partial charge in [-0.25, -0.2) is 0 Å². The third-order valence-electron chi connectivity index (χ3n) is 4.51. The number of aryl methyl sites for hydroxylation is 1. The number of carbonyl (C=O) groups excluding carboxylic acids is 1. The first-order chi connectivity index (χ1) is 10.8. The predicted molar refractivity (Wildman–Crippen MR) is 85.6 cm³/mol. The van der Waals surface area contributed by atoms with Crippen LogP contribution in [0, 0.1) is 0 Å². The number of aromatic nitrogens is 2. The van der Waals surface area contributed by atoms with Gasteiger partial charge in [-0.2, -0.15) is 0 Å². The lowest BCUT2D eigenvalue weighted by Crippen LogP contribution is -2.36. The molecular weight excluding hydrogens is 274 g/mol. The molecule has 0 N–H and O–H groups in total. The lowest BCUT2D eigenvalue weighted by atomic mass is 10.0. The maximum absolute atomic E-state index is 12.6. The fourth-order valence-corrected chi connectivity index (χ4v) is 3.36. The zero-order valence-corrected chi connectivity index (χ0v) is 12.5. The highest BCUT2D eigenvalue weighted by Gasteiger charge is 2.26. The molecule has 0 unspecified atom stereocenters. The van der Waals surface area contributed by atoms with Crippen molar-refractivity contribution in [3.8, 4) is 0 Å². The van der Waals surface area contributed by atoms with Gasteiger partial charge in [-0.05, 0) is 30.2 Å². The van der Waals surface area contributed by atoms with Gasteiger partial charge in [-0.15, -0.1) is 0 Å². The molecule has 1 aliphatic heterocycles. The summed E-state index contributed by atoms with van der Waals surface area (Å²) in [6, 6.07) is 12.1. The summed E-state index contributed by atoms with van der Waals surface area (Å²) in [4.78, 5) is 18.6. The molecule has 22 heavy (non-hydrogen) atoms. The van der Waals surface area contributed by atoms with Crippen LogP contribution in [0.1, 0.15) is 21.6 Å². The highest BCUT2D eigenvalue weighted by molar-refractivity contribution is 5.94. The topological polar surface area (TPSA) is 38.1 Å². The smallest absolute Gasteiger partial charge is 0.255 e. The normalized spacial score (nSPS) is 14.1. The first-order valence-corrected chi connectivity index (χ1v) is 7.50. The summed E-state index contributed by atoms with van der Waals surface area (Å²) >= 11 is 0. The van der Waals surface area contributed by atoms with Crippen molar-refractivity contribution in [1.82, 2.24) is 14.5 Å². The molecule has 4 rings (SSSR count). The third-order valence-corrected chi connectivity index (χ3v) is 4.51. The van der Waals surface area contributed by atoms with E-state index in [1.165, 1.54) is 22.2 Å². The van der Waals surface area contributed by atoms with Gasteiger partial charge in [0, 0.05) is 42.6 Å². The summed E-state index contributed by atoms with van der Waals surface area (Å²) in [5.74, 6) is 0.0593. The van der Waals surface area contributed by atoms with E-state index in [2.05, 4.69) is 40.9 Å². The Bertz CT molecular complexity index is 851. The molecule has 0 aliphatic carbocycles. The average molecular weight is 291 g/mol. The lowest BCUT2D eigenvalue weighted by Gasteiger charge is -2.28. The Morgan fingerprint density at radius 1 is 1.18 bits per heavy atom. The van der Waals surface area contributed by atoms with Gasteiger partial charge in [0.25, 0.3) is 5.91 Å². The van der Waals surface area contributed by atoms with Crippen LogP contribution in [0.3, 0.4) is 0 Å². The molecule has 3 heterocycles. The lowest BCUT2D eigenvalue weighted by molar-refractivity contribution is 0.0730. The minimum atomic E-state index is 0.0593. The van der Waals surface area contributed by atoms with Gasteiger partial charge in [0.05, 0.1) is 12.1 Å². The number of rotatable bonds is 1. The molecular formula is C18H17N3O. The van der Waals surface area contributed by atoms with Crippen LogP contribution in [-0.2, 0) is 20.0 Å². The zero-order chi connectivity index (χ0) is 15.1. The van der Waals surface area contributed by atoms with Crippen molar-refractivity contribution >= 4 is 16.8 Å². The van der Waals surface area contributed by atoms with Crippen molar-refractivity contribution in [2.75, 3.05) is 6.54 Å². The number of amides is 1. The molecule has 4 heteroatoms. The standard InChI is InChI=1S/C18H17N3O/c1-20-16-7-3-2-6-14(16)15-8-10-21(12-17(15)20)18(22)13-5-4-9-19-11-13/h2-7,9,11H,8,10,12H2,1H3. The Labute approximate surface area is 129 Å². The van der Waals surface area contributed by atoms with E-state index in [0.29, 0.717) is 12.1 Å². The van der Waals surface area contributed by atoms with Crippen LogP contribution in [-0.4, -0.2) is 26.9 Å². The van der Waals surface area contributed by atoms with Crippen molar-refractivity contribution in [2.45, 2.75) is 13.0 Å². The number of para-hydroxylation sites is 1. The monoisotopic (exact) mass is 291 g/mol. The quantitative estimate of drug-likeness (QED) is 0.691. The third kappa shape index (κ3) is 1.91. The molecule has 1 aromatic carbocycles. The van der Waals surface area contributed by atoms with Crippen LogP contribution in [0.25, 0.3) is 10.9 Å². The van der Waals surface area contributed by atoms with Crippen molar-refractivity contribution in [2.24, 2.45) is 7.05 Å². The number of carbonyl (C=O) groups is 1. The Morgan fingerprint density at radius 2 is 2.05 bits per heavy atom. The SMILES string of the molecule is Cn1c2c(c3ccccc31)CCN(C(=O)c1cccnc1)C2. The van der Waals surface area contributed by atoms with E-state index in [1.807, 2.05) is 11.0 Å². The van der Waals surface area contributed by atoms with Gasteiger partial charge in [-0.1, -0.05) is 18.2 Å². The molecule has 0 spiro atoms. The zero-order valence-electron chi connectivity index (χ0n) is 12.5. The fourth-order valence-electron chi connectivity index (χ4n) is 3.36. The van der Waals surface area contributed by atoms with Gasteiger partial charge in [0.2, 0.25) is 0 Å². The Balaban J connectivity index is 1.71. The van der Waals surface area contributed by atoms with Gasteiger partial charge in [0.1, 0.15) is 0 Å². The summed E-state index contributed by atoms with van der Waals surface area (Å²) in [6.07, 6.45) is 4.23. The van der Waals surface area contributed by atoms with E-state index < -0.39 is 0 Å². The molecule has 0 atom stereocenters. The Hall–Kier alpha value is -2.62. The molecule has 0 fully saturated rings. The second kappa shape index (κ2) is 4.98. The molecule has 1 aliphatic rings. The largest absolute Gasteiger partial charge is 0.346 e. The van der Waals surface area contributed by atoms with Crippen molar-refractivity contribution in [3.63, 3.8) is 0 Å². The number of hydrogen-bond acceptors (Lipinski definition) is 2. The van der Waals surface area contributed by atoms with Crippen LogP contribution >= 0.6 is 0 Å². The summed E-state index contributed by atoms with van der Waals surface area (Å²) < 4.78 is 2.22. The number of nitrogens with zero attached hydrogens (tertiary/aromatic N) is 3. The van der Waals surface area contributed by atoms with Crippen molar-refractivity contribution in [1.29, 1.82) is 0 Å². The molecule has 2 aromatic heterocycles. The van der Waals surface area contributed by atoms with Crippen LogP contribution in [0.2, 0.25) is 0 Å². The number of benzene rings is 1. The first kappa shape index (κ1) is 13.1. The summed E-state index contributed by atoms with van der Waals surface area (Å²) in [6.45, 7) is 1.42. The summed E-state index contributed by atoms with van der Waals surface area (Å²) in [5.41, 5.74) is 4.52. The van der Waals surface area contributed by atoms with E-state index >= 15 is 0 Å². The van der Waals surface area contributed by atoms with E-state index in [-0.39, 0.29) is 5.91 Å². The number of fused-ring (bicyclic) bond motifs is 3. The van der Waals surface area contributed by atoms with Crippen LogP contribution in [0.5, 0.6) is 0 Å². The van der Waals surface area contributed by atoms with Gasteiger partial charge < -0.3 is 9.47 Å². The molecule has 1 amide bonds. The average Bonchev–Trinajstić information content (AvgIpc) is 2.88.